The van der Waals surface area contributed by atoms with Gasteiger partial charge in [-0.3, -0.25) is 24.3 Å². The molecule has 1 aromatic heterocycles. The molecule has 0 spiro atoms. The molecule has 1 fully saturated rings. The monoisotopic (exact) mass is 629 g/mol. The van der Waals surface area contributed by atoms with Crippen LogP contribution in [-0.2, 0) is 14.8 Å². The van der Waals surface area contributed by atoms with E-state index >= 15 is 0 Å². The molecule has 1 N–H and O–H groups in total. The number of hydrogen-bond acceptors (Lipinski definition) is 8. The van der Waals surface area contributed by atoms with Crippen molar-refractivity contribution in [1.29, 1.82) is 5.26 Å². The van der Waals surface area contributed by atoms with E-state index in [1.807, 2.05) is 13.0 Å². The third kappa shape index (κ3) is 6.37. The maximum atomic E-state index is 13.7. The Morgan fingerprint density at radius 1 is 1.05 bits per heavy atom. The Balaban J connectivity index is 1.59. The van der Waals surface area contributed by atoms with Gasteiger partial charge in [-0.05, 0) is 73.9 Å². The molecule has 44 heavy (non-hydrogen) atoms. The number of rotatable bonds is 7. The number of nitro benzene ring substituents is 1. The molecule has 13 heteroatoms. The lowest BCUT2D eigenvalue weighted by atomic mass is 10.2. The number of carbonyl (C=O) groups is 1. The highest BCUT2D eigenvalue weighted by Gasteiger charge is 2.26. The number of nitrogens with one attached hydrogen (secondary N) is 1. The van der Waals surface area contributed by atoms with E-state index in [1.165, 1.54) is 63.5 Å². The minimum Gasteiger partial charge on any atom is -0.321 e. The molecule has 0 saturated carbocycles. The van der Waals surface area contributed by atoms with E-state index in [9.17, 15) is 33.4 Å². The van der Waals surface area contributed by atoms with E-state index in [1.54, 1.807) is 24.3 Å². The average Bonchev–Trinajstić information content (AvgIpc) is 3.33. The first kappa shape index (κ1) is 30.6. The van der Waals surface area contributed by atoms with Crippen molar-refractivity contribution in [2.24, 2.45) is 0 Å². The van der Waals surface area contributed by atoms with Crippen LogP contribution in [0, 0.1) is 28.4 Å². The molecule has 3 aromatic carbocycles. The summed E-state index contributed by atoms with van der Waals surface area (Å²) in [5, 5.41) is 23.8. The minimum atomic E-state index is -3.76. The van der Waals surface area contributed by atoms with Crippen LogP contribution < -0.4 is 20.1 Å². The van der Waals surface area contributed by atoms with E-state index in [4.69, 9.17) is 0 Å². The second kappa shape index (κ2) is 12.8. The summed E-state index contributed by atoms with van der Waals surface area (Å²) in [4.78, 5) is 37.7. The van der Waals surface area contributed by atoms with E-state index in [-0.39, 0.29) is 31.0 Å². The molecule has 224 valence electrons. The van der Waals surface area contributed by atoms with Gasteiger partial charge < -0.3 is 5.32 Å². The third-order valence-corrected chi connectivity index (χ3v) is 10.1. The van der Waals surface area contributed by atoms with Gasteiger partial charge >= 0.3 is 0 Å². The van der Waals surface area contributed by atoms with Crippen molar-refractivity contribution in [3.8, 4) is 11.8 Å². The van der Waals surface area contributed by atoms with E-state index in [0.717, 1.165) is 36.2 Å². The standard InChI is InChI=1S/C31H27N5O6S2/c1-21-8-12-24(13-9-21)35-30(38)28(18-22-10-14-25(15-11-22)36(39)40)43-31(35)27(20-32)29(37)33-23-6-5-7-26(19-23)44(41,42)34-16-3-2-4-17-34/h5-15,18-19H,2-4,16-17H2,1H3,(H,33,37)/b28-18-,31-27+. The van der Waals surface area contributed by atoms with Crippen molar-refractivity contribution in [2.45, 2.75) is 31.1 Å². The number of piperidine rings is 1. The zero-order chi connectivity index (χ0) is 31.4. The topological polar surface area (TPSA) is 155 Å². The van der Waals surface area contributed by atoms with Gasteiger partial charge in [-0.2, -0.15) is 9.57 Å². The molecule has 5 rings (SSSR count). The molecule has 1 aliphatic heterocycles. The number of nitriles is 1. The molecule has 1 saturated heterocycles. The lowest BCUT2D eigenvalue weighted by Gasteiger charge is -2.26. The van der Waals surface area contributed by atoms with Crippen LogP contribution in [0.15, 0.2) is 82.5 Å². The second-order valence-electron chi connectivity index (χ2n) is 10.2. The predicted molar refractivity (Wildman–Crippen MR) is 167 cm³/mol. The molecule has 1 amide bonds. The molecule has 11 nitrogen and oxygen atoms in total. The number of nitro groups is 1. The Bertz CT molecular complexity index is 2070. The van der Waals surface area contributed by atoms with Crippen LogP contribution in [0.3, 0.4) is 0 Å². The van der Waals surface area contributed by atoms with Gasteiger partial charge in [0.2, 0.25) is 10.0 Å². The van der Waals surface area contributed by atoms with Crippen LogP contribution >= 0.6 is 11.3 Å². The lowest BCUT2D eigenvalue weighted by Crippen LogP contribution is -2.35. The number of thiazole rings is 1. The summed E-state index contributed by atoms with van der Waals surface area (Å²) in [6.07, 6.45) is 4.07. The van der Waals surface area contributed by atoms with Crippen LogP contribution in [0.1, 0.15) is 30.4 Å². The lowest BCUT2D eigenvalue weighted by molar-refractivity contribution is -0.384. The fourth-order valence-corrected chi connectivity index (χ4v) is 7.47. The van der Waals surface area contributed by atoms with Crippen molar-refractivity contribution in [1.82, 2.24) is 8.87 Å². The van der Waals surface area contributed by atoms with Crippen molar-refractivity contribution in [3.05, 3.63) is 114 Å². The quantitative estimate of drug-likeness (QED) is 0.243. The summed E-state index contributed by atoms with van der Waals surface area (Å²) in [7, 11) is -3.76. The Hall–Kier alpha value is -4.90. The van der Waals surface area contributed by atoms with Gasteiger partial charge in [-0.15, -0.1) is 11.3 Å². The maximum Gasteiger partial charge on any atom is 0.273 e. The second-order valence-corrected chi connectivity index (χ2v) is 13.1. The summed E-state index contributed by atoms with van der Waals surface area (Å²) in [6.45, 7) is 2.74. The van der Waals surface area contributed by atoms with Gasteiger partial charge in [-0.1, -0.05) is 30.2 Å². The SMILES string of the molecule is Cc1ccc(-n2c(=O)/c(=C/c3ccc([N+](=O)[O-])cc3)s/c2=C(\C#N)C(=O)Nc2cccc(S(=O)(=O)N3CCCCC3)c2)cc1. The fraction of sp³-hybridized carbons (Fsp3) is 0.194. The number of anilines is 1. The average molecular weight is 630 g/mol. The Labute approximate surface area is 256 Å². The van der Waals surface area contributed by atoms with Gasteiger partial charge in [-0.25, -0.2) is 8.42 Å². The Kier molecular flexibility index (Phi) is 8.86. The number of nitrogens with zero attached hydrogens (tertiary/aromatic N) is 4. The molecule has 4 aromatic rings. The molecule has 0 atom stereocenters. The minimum absolute atomic E-state index is 0.0309. The van der Waals surface area contributed by atoms with Crippen molar-refractivity contribution >= 4 is 50.3 Å². The summed E-state index contributed by atoms with van der Waals surface area (Å²) in [5.74, 6) is -0.816. The third-order valence-electron chi connectivity index (χ3n) is 7.11. The highest BCUT2D eigenvalue weighted by Crippen LogP contribution is 2.23. The van der Waals surface area contributed by atoms with Gasteiger partial charge in [0.15, 0.2) is 5.57 Å². The Morgan fingerprint density at radius 3 is 2.36 bits per heavy atom. The first-order chi connectivity index (χ1) is 21.1. The maximum absolute atomic E-state index is 13.7. The van der Waals surface area contributed by atoms with Crippen molar-refractivity contribution < 1.29 is 18.1 Å². The van der Waals surface area contributed by atoms with Gasteiger partial charge in [0, 0.05) is 30.9 Å². The molecule has 0 aliphatic carbocycles. The summed E-state index contributed by atoms with van der Waals surface area (Å²) >= 11 is 0.926. The number of aryl methyl sites for hydroxylation is 1. The normalized spacial score (nSPS) is 15.0. The van der Waals surface area contributed by atoms with Gasteiger partial charge in [0.1, 0.15) is 10.7 Å². The van der Waals surface area contributed by atoms with Crippen molar-refractivity contribution in [3.63, 3.8) is 0 Å². The smallest absolute Gasteiger partial charge is 0.273 e. The molecule has 1 aliphatic rings. The summed E-state index contributed by atoms with van der Waals surface area (Å²) in [6, 6.07) is 20.4. The molecule has 2 heterocycles. The number of benzene rings is 3. The van der Waals surface area contributed by atoms with Gasteiger partial charge in [0.05, 0.1) is 20.0 Å². The molecular formula is C31H27N5O6S2. The van der Waals surface area contributed by atoms with E-state index < -0.39 is 26.4 Å². The number of carbonyl (C=O) groups excluding carboxylic acids is 1. The first-order valence-electron chi connectivity index (χ1n) is 13.7. The molecule has 0 bridgehead atoms. The van der Waals surface area contributed by atoms with Crippen LogP contribution in [-0.4, -0.2) is 41.2 Å². The van der Waals surface area contributed by atoms with Gasteiger partial charge in [0.25, 0.3) is 17.2 Å². The predicted octanol–water partition coefficient (Wildman–Crippen LogP) is 3.43. The van der Waals surface area contributed by atoms with Crippen LogP contribution in [0.5, 0.6) is 0 Å². The number of sulfonamides is 1. The van der Waals surface area contributed by atoms with Crippen molar-refractivity contribution in [2.75, 3.05) is 18.4 Å². The molecule has 0 unspecified atom stereocenters. The largest absolute Gasteiger partial charge is 0.321 e. The zero-order valence-corrected chi connectivity index (χ0v) is 25.2. The Morgan fingerprint density at radius 2 is 1.73 bits per heavy atom. The van der Waals surface area contributed by atoms with Crippen LogP contribution in [0.25, 0.3) is 17.3 Å². The van der Waals surface area contributed by atoms with Crippen LogP contribution in [0.4, 0.5) is 11.4 Å². The molecular weight excluding hydrogens is 603 g/mol. The number of amides is 1. The fourth-order valence-electron chi connectivity index (χ4n) is 4.80. The summed E-state index contributed by atoms with van der Waals surface area (Å²) < 4.78 is 29.3. The molecule has 0 radical (unpaired) electrons. The number of aromatic nitrogens is 1. The zero-order valence-electron chi connectivity index (χ0n) is 23.6. The van der Waals surface area contributed by atoms with E-state index in [0.29, 0.717) is 24.3 Å². The summed E-state index contributed by atoms with van der Waals surface area (Å²) in [5.41, 5.74) is 1.15. The highest BCUT2D eigenvalue weighted by molar-refractivity contribution is 7.89. The number of hydrogen-bond donors (Lipinski definition) is 1. The number of non-ortho nitro benzene ring substituents is 1. The van der Waals surface area contributed by atoms with Crippen LogP contribution in [0.2, 0.25) is 0 Å². The first-order valence-corrected chi connectivity index (χ1v) is 16.0. The highest BCUT2D eigenvalue weighted by atomic mass is 32.2. The van der Waals surface area contributed by atoms with E-state index in [2.05, 4.69) is 5.32 Å².